The minimum absolute atomic E-state index is 0.0984. The van der Waals surface area contributed by atoms with Gasteiger partial charge in [-0.2, -0.15) is 13.2 Å². The molecule has 1 fully saturated rings. The molecule has 1 rings (SSSR count). The average molecular weight is 196 g/mol. The Morgan fingerprint density at radius 2 is 1.69 bits per heavy atom. The summed E-state index contributed by atoms with van der Waals surface area (Å²) in [5, 5.41) is 0. The van der Waals surface area contributed by atoms with Crippen LogP contribution in [-0.2, 0) is 9.53 Å². The second-order valence-corrected chi connectivity index (χ2v) is 3.27. The fourth-order valence-electron chi connectivity index (χ4n) is 1.68. The van der Waals surface area contributed by atoms with E-state index in [2.05, 4.69) is 4.74 Å². The molecule has 0 bridgehead atoms. The van der Waals surface area contributed by atoms with Gasteiger partial charge in [0.1, 0.15) is 0 Å². The number of hydrogen-bond acceptors (Lipinski definition) is 2. The van der Waals surface area contributed by atoms with Crippen molar-refractivity contribution in [2.75, 3.05) is 0 Å². The first-order chi connectivity index (χ1) is 6.02. The van der Waals surface area contributed by atoms with E-state index in [1.165, 1.54) is 0 Å². The van der Waals surface area contributed by atoms with Gasteiger partial charge in [0.05, 0.1) is 0 Å². The third-order valence-corrected chi connectivity index (χ3v) is 2.45. The van der Waals surface area contributed by atoms with E-state index >= 15 is 0 Å². The number of carbonyl (C=O) groups excluding carboxylic acids is 1. The molecule has 0 spiro atoms. The van der Waals surface area contributed by atoms with Crippen LogP contribution in [0, 0.1) is 0 Å². The molecule has 0 heterocycles. The van der Waals surface area contributed by atoms with Crippen LogP contribution < -0.4 is 0 Å². The second kappa shape index (κ2) is 3.55. The van der Waals surface area contributed by atoms with E-state index in [-0.39, 0.29) is 19.3 Å². The van der Waals surface area contributed by atoms with Crippen molar-refractivity contribution in [1.82, 2.24) is 0 Å². The Hall–Kier alpha value is -0.740. The molecule has 5 heteroatoms. The van der Waals surface area contributed by atoms with Crippen LogP contribution in [-0.4, -0.2) is 18.2 Å². The van der Waals surface area contributed by atoms with E-state index in [0.717, 1.165) is 6.42 Å². The number of halogens is 3. The smallest absolute Gasteiger partial charge is 0.428 e. The Bertz CT molecular complexity index is 182. The van der Waals surface area contributed by atoms with Crippen LogP contribution in [0.2, 0.25) is 0 Å². The first-order valence-corrected chi connectivity index (χ1v) is 4.20. The highest BCUT2D eigenvalue weighted by Crippen LogP contribution is 2.43. The summed E-state index contributed by atoms with van der Waals surface area (Å²) >= 11 is 0. The maximum atomic E-state index is 12.5. The molecule has 0 amide bonds. The van der Waals surface area contributed by atoms with Crippen LogP contribution >= 0.6 is 0 Å². The van der Waals surface area contributed by atoms with Gasteiger partial charge in [0, 0.05) is 0 Å². The van der Waals surface area contributed by atoms with Gasteiger partial charge in [0.2, 0.25) is 5.60 Å². The lowest BCUT2D eigenvalue weighted by Gasteiger charge is -2.36. The van der Waals surface area contributed by atoms with Gasteiger partial charge in [-0.05, 0) is 25.7 Å². The number of hydrogen-bond donors (Lipinski definition) is 0. The number of ether oxygens (including phenoxy) is 1. The van der Waals surface area contributed by atoms with E-state index in [1.807, 2.05) is 0 Å². The Balaban J connectivity index is 2.78. The van der Waals surface area contributed by atoms with Crippen molar-refractivity contribution in [3.05, 3.63) is 0 Å². The SMILES string of the molecule is O=COC1(C(F)(F)F)CCCCC1. The van der Waals surface area contributed by atoms with Crippen LogP contribution in [0.15, 0.2) is 0 Å². The van der Waals surface area contributed by atoms with E-state index in [0.29, 0.717) is 12.8 Å². The van der Waals surface area contributed by atoms with Gasteiger partial charge in [-0.3, -0.25) is 4.79 Å². The van der Waals surface area contributed by atoms with Crippen molar-refractivity contribution >= 4 is 6.47 Å². The standard InChI is InChI=1S/C8H11F3O2/c9-8(10,11)7(13-6-12)4-2-1-3-5-7/h6H,1-5H2. The van der Waals surface area contributed by atoms with Crippen LogP contribution in [0.1, 0.15) is 32.1 Å². The fraction of sp³-hybridized carbons (Fsp3) is 0.875. The van der Waals surface area contributed by atoms with Crippen molar-refractivity contribution in [2.45, 2.75) is 43.9 Å². The lowest BCUT2D eigenvalue weighted by molar-refractivity contribution is -0.273. The largest absolute Gasteiger partial charge is 0.452 e. The Labute approximate surface area is 74.1 Å². The number of alkyl halides is 3. The van der Waals surface area contributed by atoms with Crippen molar-refractivity contribution in [2.24, 2.45) is 0 Å². The highest BCUT2D eigenvalue weighted by Gasteiger charge is 2.57. The summed E-state index contributed by atoms with van der Waals surface area (Å²) in [6.45, 7) is -0.0984. The molecule has 0 aliphatic heterocycles. The zero-order valence-electron chi connectivity index (χ0n) is 7.06. The van der Waals surface area contributed by atoms with Gasteiger partial charge >= 0.3 is 6.18 Å². The molecule has 1 aliphatic carbocycles. The molecule has 0 N–H and O–H groups in total. The van der Waals surface area contributed by atoms with E-state index < -0.39 is 11.8 Å². The van der Waals surface area contributed by atoms with Crippen LogP contribution in [0.4, 0.5) is 13.2 Å². The Kier molecular flexibility index (Phi) is 2.83. The first-order valence-electron chi connectivity index (χ1n) is 4.20. The molecule has 0 aromatic heterocycles. The normalized spacial score (nSPS) is 22.4. The molecule has 0 aromatic rings. The highest BCUT2D eigenvalue weighted by atomic mass is 19.4. The Morgan fingerprint density at radius 3 is 2.08 bits per heavy atom. The molecule has 0 unspecified atom stereocenters. The third kappa shape index (κ3) is 1.95. The molecule has 0 radical (unpaired) electrons. The lowest BCUT2D eigenvalue weighted by Crippen LogP contribution is -2.48. The number of carbonyl (C=O) groups is 1. The van der Waals surface area contributed by atoms with Crippen LogP contribution in [0.5, 0.6) is 0 Å². The zero-order chi connectivity index (χ0) is 9.95. The molecule has 13 heavy (non-hydrogen) atoms. The molecule has 0 aromatic carbocycles. The lowest BCUT2D eigenvalue weighted by atomic mass is 9.84. The summed E-state index contributed by atoms with van der Waals surface area (Å²) in [5.41, 5.74) is -2.20. The molecule has 2 nitrogen and oxygen atoms in total. The predicted octanol–water partition coefficient (Wildman–Crippen LogP) is 2.42. The summed E-state index contributed by atoms with van der Waals surface area (Å²) in [7, 11) is 0. The fourth-order valence-corrected chi connectivity index (χ4v) is 1.68. The maximum absolute atomic E-state index is 12.5. The van der Waals surface area contributed by atoms with Gasteiger partial charge in [0.15, 0.2) is 0 Å². The van der Waals surface area contributed by atoms with Gasteiger partial charge in [-0.1, -0.05) is 6.42 Å². The van der Waals surface area contributed by atoms with E-state index in [9.17, 15) is 18.0 Å². The van der Waals surface area contributed by atoms with Crippen LogP contribution in [0.3, 0.4) is 0 Å². The van der Waals surface area contributed by atoms with Crippen molar-refractivity contribution in [1.29, 1.82) is 0 Å². The quantitative estimate of drug-likeness (QED) is 0.634. The van der Waals surface area contributed by atoms with Gasteiger partial charge in [-0.25, -0.2) is 0 Å². The molecular weight excluding hydrogens is 185 g/mol. The van der Waals surface area contributed by atoms with Crippen molar-refractivity contribution in [3.63, 3.8) is 0 Å². The topological polar surface area (TPSA) is 26.3 Å². The molecule has 0 saturated heterocycles. The summed E-state index contributed by atoms with van der Waals surface area (Å²) in [6.07, 6.45) is -2.93. The summed E-state index contributed by atoms with van der Waals surface area (Å²) in [5.74, 6) is 0. The number of rotatable bonds is 2. The summed E-state index contributed by atoms with van der Waals surface area (Å²) in [6, 6.07) is 0. The minimum Gasteiger partial charge on any atom is -0.452 e. The van der Waals surface area contributed by atoms with E-state index in [1.54, 1.807) is 0 Å². The van der Waals surface area contributed by atoms with E-state index in [4.69, 9.17) is 0 Å². The Morgan fingerprint density at radius 1 is 1.15 bits per heavy atom. The van der Waals surface area contributed by atoms with Crippen molar-refractivity contribution in [3.8, 4) is 0 Å². The molecule has 76 valence electrons. The molecule has 1 saturated carbocycles. The third-order valence-electron chi connectivity index (χ3n) is 2.45. The monoisotopic (exact) mass is 196 g/mol. The molecule has 0 atom stereocenters. The predicted molar refractivity (Wildman–Crippen MR) is 39.0 cm³/mol. The molecule has 1 aliphatic rings. The summed E-state index contributed by atoms with van der Waals surface area (Å²) < 4.78 is 41.7. The highest BCUT2D eigenvalue weighted by molar-refractivity contribution is 5.38. The van der Waals surface area contributed by atoms with Gasteiger partial charge in [0.25, 0.3) is 6.47 Å². The zero-order valence-corrected chi connectivity index (χ0v) is 7.06. The van der Waals surface area contributed by atoms with Crippen molar-refractivity contribution < 1.29 is 22.7 Å². The van der Waals surface area contributed by atoms with Crippen LogP contribution in [0.25, 0.3) is 0 Å². The van der Waals surface area contributed by atoms with Gasteiger partial charge in [-0.15, -0.1) is 0 Å². The average Bonchev–Trinajstić information content (AvgIpc) is 2.04. The van der Waals surface area contributed by atoms with Gasteiger partial charge < -0.3 is 4.74 Å². The minimum atomic E-state index is -4.44. The molecular formula is C8H11F3O2. The maximum Gasteiger partial charge on any atom is 0.428 e. The second-order valence-electron chi connectivity index (χ2n) is 3.27. The first kappa shape index (κ1) is 10.3. The summed E-state index contributed by atoms with van der Waals surface area (Å²) in [4.78, 5) is 10.0.